The molecule has 0 amide bonds. The van der Waals surface area contributed by atoms with E-state index >= 15 is 0 Å². The van der Waals surface area contributed by atoms with Crippen LogP contribution in [-0.2, 0) is 6.54 Å². The molecule has 1 aliphatic rings. The number of nitrogens with one attached hydrogen (secondary N) is 1. The molecule has 2 unspecified atom stereocenters. The summed E-state index contributed by atoms with van der Waals surface area (Å²) in [5, 5.41) is 3.75. The second kappa shape index (κ2) is 6.28. The van der Waals surface area contributed by atoms with Crippen LogP contribution in [0.25, 0.3) is 0 Å². The van der Waals surface area contributed by atoms with Crippen molar-refractivity contribution in [2.24, 2.45) is 5.92 Å². The van der Waals surface area contributed by atoms with Crippen LogP contribution in [0.15, 0.2) is 24.3 Å². The molecule has 1 saturated heterocycles. The Morgan fingerprint density at radius 3 is 2.80 bits per heavy atom. The lowest BCUT2D eigenvalue weighted by Crippen LogP contribution is -2.62. The minimum absolute atomic E-state index is 0.230. The highest BCUT2D eigenvalue weighted by atomic mass is 15.3. The van der Waals surface area contributed by atoms with Crippen molar-refractivity contribution in [1.29, 1.82) is 0 Å². The van der Waals surface area contributed by atoms with Gasteiger partial charge in [0.05, 0.1) is 0 Å². The molecule has 1 aliphatic heterocycles. The van der Waals surface area contributed by atoms with Crippen LogP contribution >= 0.6 is 0 Å². The van der Waals surface area contributed by atoms with Gasteiger partial charge in [0, 0.05) is 31.2 Å². The van der Waals surface area contributed by atoms with Gasteiger partial charge in [0.15, 0.2) is 0 Å². The lowest BCUT2D eigenvalue weighted by Gasteiger charge is -2.47. The molecule has 0 aromatic heterocycles. The van der Waals surface area contributed by atoms with Gasteiger partial charge in [-0.2, -0.15) is 0 Å². The summed E-state index contributed by atoms with van der Waals surface area (Å²) >= 11 is 0. The van der Waals surface area contributed by atoms with Crippen molar-refractivity contribution in [1.82, 2.24) is 10.2 Å². The van der Waals surface area contributed by atoms with Crippen LogP contribution in [0.2, 0.25) is 0 Å². The Kier molecular flexibility index (Phi) is 4.87. The molecular formula is C18H30N2. The number of piperazine rings is 1. The largest absolute Gasteiger partial charge is 0.311 e. The van der Waals surface area contributed by atoms with Crippen LogP contribution in [0.5, 0.6) is 0 Å². The zero-order valence-corrected chi connectivity index (χ0v) is 13.7. The fourth-order valence-corrected chi connectivity index (χ4v) is 3.02. The Balaban J connectivity index is 2.10. The third-order valence-electron chi connectivity index (χ3n) is 4.86. The van der Waals surface area contributed by atoms with E-state index in [2.05, 4.69) is 69.1 Å². The number of hydrogen-bond donors (Lipinski definition) is 1. The van der Waals surface area contributed by atoms with Crippen molar-refractivity contribution >= 4 is 0 Å². The number of aryl methyl sites for hydroxylation is 1. The Morgan fingerprint density at radius 1 is 1.40 bits per heavy atom. The topological polar surface area (TPSA) is 15.3 Å². The molecule has 0 saturated carbocycles. The molecule has 1 aromatic rings. The molecule has 2 heteroatoms. The van der Waals surface area contributed by atoms with Gasteiger partial charge in [-0.05, 0) is 32.3 Å². The first-order valence-corrected chi connectivity index (χ1v) is 7.96. The molecule has 0 spiro atoms. The van der Waals surface area contributed by atoms with Crippen LogP contribution in [0.1, 0.15) is 45.2 Å². The summed E-state index contributed by atoms with van der Waals surface area (Å²) in [5.74, 6) is 0.742. The third-order valence-corrected chi connectivity index (χ3v) is 4.86. The first-order valence-electron chi connectivity index (χ1n) is 7.96. The van der Waals surface area contributed by atoms with E-state index < -0.39 is 0 Å². The first kappa shape index (κ1) is 15.5. The molecule has 20 heavy (non-hydrogen) atoms. The third kappa shape index (κ3) is 3.62. The summed E-state index contributed by atoms with van der Waals surface area (Å²) in [7, 11) is 0. The van der Waals surface area contributed by atoms with Gasteiger partial charge in [0.2, 0.25) is 0 Å². The van der Waals surface area contributed by atoms with E-state index in [4.69, 9.17) is 0 Å². The summed E-state index contributed by atoms with van der Waals surface area (Å²) in [6.07, 6.45) is 1.25. The summed E-state index contributed by atoms with van der Waals surface area (Å²) in [6.45, 7) is 14.8. The highest BCUT2D eigenvalue weighted by molar-refractivity contribution is 5.22. The molecule has 1 N–H and O–H groups in total. The van der Waals surface area contributed by atoms with E-state index in [1.54, 1.807) is 0 Å². The number of hydrogen-bond acceptors (Lipinski definition) is 2. The maximum Gasteiger partial charge on any atom is 0.0281 e. The summed E-state index contributed by atoms with van der Waals surface area (Å²) in [4.78, 5) is 2.65. The number of benzene rings is 1. The minimum Gasteiger partial charge on any atom is -0.311 e. The maximum absolute atomic E-state index is 3.75. The van der Waals surface area contributed by atoms with Gasteiger partial charge in [-0.1, -0.05) is 50.1 Å². The van der Waals surface area contributed by atoms with Gasteiger partial charge in [-0.3, -0.25) is 4.90 Å². The predicted molar refractivity (Wildman–Crippen MR) is 86.9 cm³/mol. The molecule has 2 nitrogen and oxygen atoms in total. The van der Waals surface area contributed by atoms with Crippen molar-refractivity contribution in [2.45, 2.75) is 59.2 Å². The zero-order chi connectivity index (χ0) is 14.8. The van der Waals surface area contributed by atoms with E-state index in [0.29, 0.717) is 6.04 Å². The summed E-state index contributed by atoms with van der Waals surface area (Å²) in [5.41, 5.74) is 3.02. The van der Waals surface area contributed by atoms with Gasteiger partial charge in [0.1, 0.15) is 0 Å². The molecule has 1 aromatic carbocycles. The highest BCUT2D eigenvalue weighted by Crippen LogP contribution is 2.24. The molecule has 0 aliphatic carbocycles. The zero-order valence-electron chi connectivity index (χ0n) is 13.7. The quantitative estimate of drug-likeness (QED) is 0.902. The average Bonchev–Trinajstić information content (AvgIpc) is 2.40. The van der Waals surface area contributed by atoms with E-state index in [9.17, 15) is 0 Å². The van der Waals surface area contributed by atoms with Crippen LogP contribution in [0, 0.1) is 12.8 Å². The van der Waals surface area contributed by atoms with Gasteiger partial charge in [-0.15, -0.1) is 0 Å². The molecule has 1 fully saturated rings. The molecule has 112 valence electrons. The number of rotatable bonds is 4. The smallest absolute Gasteiger partial charge is 0.0281 e. The van der Waals surface area contributed by atoms with Crippen molar-refractivity contribution in [3.8, 4) is 0 Å². The monoisotopic (exact) mass is 274 g/mol. The van der Waals surface area contributed by atoms with Crippen LogP contribution < -0.4 is 5.32 Å². The van der Waals surface area contributed by atoms with Crippen LogP contribution in [0.3, 0.4) is 0 Å². The molecule has 0 bridgehead atoms. The van der Waals surface area contributed by atoms with Gasteiger partial charge in [-0.25, -0.2) is 0 Å². The van der Waals surface area contributed by atoms with Gasteiger partial charge < -0.3 is 5.32 Å². The Hall–Kier alpha value is -0.860. The minimum atomic E-state index is 0.230. The van der Waals surface area contributed by atoms with Crippen molar-refractivity contribution in [3.05, 3.63) is 35.4 Å². The predicted octanol–water partition coefficient (Wildman–Crippen LogP) is 3.59. The second-order valence-corrected chi connectivity index (χ2v) is 7.05. The average molecular weight is 274 g/mol. The Bertz CT molecular complexity index is 439. The molecule has 2 atom stereocenters. The first-order chi connectivity index (χ1) is 9.42. The molecule has 1 heterocycles. The SMILES string of the molecule is CCC(C)C1CN(Cc2cccc(C)c2)C(C)(C)CN1. The van der Waals surface area contributed by atoms with E-state index in [1.807, 2.05) is 0 Å². The van der Waals surface area contributed by atoms with Crippen molar-refractivity contribution in [3.63, 3.8) is 0 Å². The van der Waals surface area contributed by atoms with Crippen LogP contribution in [-0.4, -0.2) is 29.6 Å². The number of nitrogens with zero attached hydrogens (tertiary/aromatic N) is 1. The maximum atomic E-state index is 3.75. The van der Waals surface area contributed by atoms with E-state index in [1.165, 1.54) is 17.5 Å². The summed E-state index contributed by atoms with van der Waals surface area (Å²) < 4.78 is 0. The lowest BCUT2D eigenvalue weighted by atomic mass is 9.90. The normalized spacial score (nSPS) is 24.6. The van der Waals surface area contributed by atoms with Crippen molar-refractivity contribution in [2.75, 3.05) is 13.1 Å². The standard InChI is InChI=1S/C18H30N2/c1-6-15(3)17-12-20(18(4,5)13-19-17)11-16-9-7-8-14(2)10-16/h7-10,15,17,19H,6,11-13H2,1-5H3. The second-order valence-electron chi connectivity index (χ2n) is 7.05. The lowest BCUT2D eigenvalue weighted by molar-refractivity contribution is 0.0449. The molecular weight excluding hydrogens is 244 g/mol. The van der Waals surface area contributed by atoms with Crippen molar-refractivity contribution < 1.29 is 0 Å². The van der Waals surface area contributed by atoms with E-state index in [-0.39, 0.29) is 5.54 Å². The fourth-order valence-electron chi connectivity index (χ4n) is 3.02. The fraction of sp³-hybridized carbons (Fsp3) is 0.667. The Labute approximate surface area is 124 Å². The molecule has 0 radical (unpaired) electrons. The van der Waals surface area contributed by atoms with Crippen LogP contribution in [0.4, 0.5) is 0 Å². The van der Waals surface area contributed by atoms with Gasteiger partial charge >= 0.3 is 0 Å². The Morgan fingerprint density at radius 2 is 2.15 bits per heavy atom. The van der Waals surface area contributed by atoms with E-state index in [0.717, 1.165) is 25.6 Å². The highest BCUT2D eigenvalue weighted by Gasteiger charge is 2.35. The molecule has 2 rings (SSSR count). The summed E-state index contributed by atoms with van der Waals surface area (Å²) in [6, 6.07) is 9.54. The van der Waals surface area contributed by atoms with Gasteiger partial charge in [0.25, 0.3) is 0 Å².